The van der Waals surface area contributed by atoms with Crippen LogP contribution in [0.5, 0.6) is 0 Å². The molecular weight excluding hydrogens is 694 g/mol. The van der Waals surface area contributed by atoms with Crippen LogP contribution in [-0.4, -0.2) is 84.0 Å². The van der Waals surface area contributed by atoms with Gasteiger partial charge in [-0.2, -0.15) is 0 Å². The number of amides is 2. The molecule has 3 aromatic heterocycles. The number of halogens is 2. The normalized spacial score (nSPS) is 18.1. The Morgan fingerprint density at radius 2 is 1.90 bits per heavy atom. The topological polar surface area (TPSA) is 96.7 Å². The lowest BCUT2D eigenvalue weighted by Crippen LogP contribution is -2.62. The molecule has 252 valence electrons. The van der Waals surface area contributed by atoms with Crippen molar-refractivity contribution in [2.45, 2.75) is 70.8 Å². The summed E-state index contributed by atoms with van der Waals surface area (Å²) in [7, 11) is 0. The lowest BCUT2D eigenvalue weighted by molar-refractivity contribution is -0.140. The highest BCUT2D eigenvalue weighted by molar-refractivity contribution is 9.10. The number of carbonyl (C=O) groups is 2. The van der Waals surface area contributed by atoms with Crippen molar-refractivity contribution in [1.29, 1.82) is 0 Å². The van der Waals surface area contributed by atoms with E-state index in [1.54, 1.807) is 23.6 Å². The number of fused-ring (bicyclic) bond motifs is 2. The number of piperazine rings is 1. The largest absolute Gasteiger partial charge is 0.444 e. The maximum Gasteiger partial charge on any atom is 0.411 e. The van der Waals surface area contributed by atoms with Crippen molar-refractivity contribution in [3.05, 3.63) is 111 Å². The first-order valence-corrected chi connectivity index (χ1v) is 17.5. The molecule has 2 amide bonds. The summed E-state index contributed by atoms with van der Waals surface area (Å²) in [6.45, 7) is 8.21. The van der Waals surface area contributed by atoms with Gasteiger partial charge in [-0.3, -0.25) is 24.6 Å². The molecule has 4 heterocycles. The van der Waals surface area contributed by atoms with Crippen LogP contribution in [-0.2, 0) is 35.5 Å². The van der Waals surface area contributed by atoms with Gasteiger partial charge in [0.15, 0.2) is 0 Å². The van der Waals surface area contributed by atoms with Crippen LogP contribution < -0.4 is 0 Å². The highest BCUT2D eigenvalue weighted by Crippen LogP contribution is 2.39. The number of pyridine rings is 2. The molecular formula is C36H41BrClN7O3. The van der Waals surface area contributed by atoms with Gasteiger partial charge < -0.3 is 14.2 Å². The van der Waals surface area contributed by atoms with E-state index in [1.807, 2.05) is 73.0 Å². The summed E-state index contributed by atoms with van der Waals surface area (Å²) in [5, 5.41) is 0.691. The Morgan fingerprint density at radius 3 is 2.65 bits per heavy atom. The molecule has 0 saturated carbocycles. The molecule has 1 aliphatic carbocycles. The Hall–Kier alpha value is -3.80. The summed E-state index contributed by atoms with van der Waals surface area (Å²) in [6, 6.07) is 12.9. The molecule has 1 saturated heterocycles. The third kappa shape index (κ3) is 8.07. The molecule has 1 aliphatic heterocycles. The first kappa shape index (κ1) is 34.1. The summed E-state index contributed by atoms with van der Waals surface area (Å²) >= 11 is 10.1. The van der Waals surface area contributed by atoms with E-state index in [2.05, 4.69) is 42.9 Å². The lowest BCUT2D eigenvalue weighted by Gasteiger charge is -2.45. The average molecular weight is 735 g/mol. The van der Waals surface area contributed by atoms with Crippen LogP contribution in [0.3, 0.4) is 0 Å². The Morgan fingerprint density at radius 1 is 1.06 bits per heavy atom. The monoisotopic (exact) mass is 733 g/mol. The van der Waals surface area contributed by atoms with Crippen molar-refractivity contribution in [3.63, 3.8) is 0 Å². The van der Waals surface area contributed by atoms with Crippen LogP contribution in [0.15, 0.2) is 78.1 Å². The van der Waals surface area contributed by atoms with Crippen LogP contribution >= 0.6 is 27.5 Å². The van der Waals surface area contributed by atoms with Crippen molar-refractivity contribution < 1.29 is 14.3 Å². The van der Waals surface area contributed by atoms with Gasteiger partial charge in [0, 0.05) is 67.0 Å². The standard InChI is InChI=1S/C36H41BrClN7O3/c1-36(2,3)48-35(47)45-18-17-43(33-30-11-10-28(38)20-25(30)8-9-26-19-27(37)21-41-32(26)33)23-31(45)34(46)44(22-29-7-4-5-12-40-29)15-6-14-42-16-13-39-24-42/h4-5,7,10-13,16,19-21,24,31,33H,6,8-9,14-15,17-18,22-23H2,1-3H3/t31-,33?/m1/s1. The number of benzene rings is 1. The minimum Gasteiger partial charge on any atom is -0.444 e. The van der Waals surface area contributed by atoms with E-state index in [9.17, 15) is 9.59 Å². The summed E-state index contributed by atoms with van der Waals surface area (Å²) in [6.07, 6.45) is 10.9. The van der Waals surface area contributed by atoms with Gasteiger partial charge in [0.1, 0.15) is 11.6 Å². The molecule has 0 radical (unpaired) electrons. The predicted octanol–water partition coefficient (Wildman–Crippen LogP) is 6.32. The molecule has 0 bridgehead atoms. The minimum atomic E-state index is -0.788. The third-order valence-electron chi connectivity index (χ3n) is 8.77. The van der Waals surface area contributed by atoms with Crippen LogP contribution in [0.4, 0.5) is 4.79 Å². The molecule has 1 aromatic carbocycles. The molecule has 1 unspecified atom stereocenters. The molecule has 12 heteroatoms. The third-order valence-corrected chi connectivity index (χ3v) is 9.44. The van der Waals surface area contributed by atoms with Gasteiger partial charge in [0.25, 0.3) is 0 Å². The molecule has 0 spiro atoms. The zero-order valence-corrected chi connectivity index (χ0v) is 29.9. The number of aromatic nitrogens is 4. The van der Waals surface area contributed by atoms with Crippen molar-refractivity contribution in [3.8, 4) is 0 Å². The second-order valence-electron chi connectivity index (χ2n) is 13.4. The summed E-state index contributed by atoms with van der Waals surface area (Å²) in [4.78, 5) is 47.9. The molecule has 2 atom stereocenters. The van der Waals surface area contributed by atoms with E-state index in [0.29, 0.717) is 50.7 Å². The summed E-state index contributed by atoms with van der Waals surface area (Å²) < 4.78 is 8.79. The molecule has 0 N–H and O–H groups in total. The first-order chi connectivity index (χ1) is 23.1. The predicted molar refractivity (Wildman–Crippen MR) is 187 cm³/mol. The van der Waals surface area contributed by atoms with Crippen molar-refractivity contribution in [2.24, 2.45) is 0 Å². The average Bonchev–Trinajstić information content (AvgIpc) is 3.52. The molecule has 1 fully saturated rings. The Kier molecular flexibility index (Phi) is 10.5. The maximum absolute atomic E-state index is 14.8. The van der Waals surface area contributed by atoms with Gasteiger partial charge in [-0.15, -0.1) is 0 Å². The van der Waals surface area contributed by atoms with Crippen molar-refractivity contribution >= 4 is 39.5 Å². The van der Waals surface area contributed by atoms with Crippen LogP contribution in [0, 0.1) is 0 Å². The van der Waals surface area contributed by atoms with Gasteiger partial charge >= 0.3 is 6.09 Å². The van der Waals surface area contributed by atoms with E-state index in [4.69, 9.17) is 21.3 Å². The highest BCUT2D eigenvalue weighted by atomic mass is 79.9. The second kappa shape index (κ2) is 14.8. The fourth-order valence-electron chi connectivity index (χ4n) is 6.60. The number of carbonyl (C=O) groups excluding carboxylic acids is 2. The van der Waals surface area contributed by atoms with Crippen LogP contribution in [0.2, 0.25) is 5.02 Å². The number of aryl methyl sites for hydroxylation is 3. The molecule has 4 aromatic rings. The summed E-state index contributed by atoms with van der Waals surface area (Å²) in [5.41, 5.74) is 4.46. The van der Waals surface area contributed by atoms with Crippen LogP contribution in [0.25, 0.3) is 0 Å². The number of imidazole rings is 1. The van der Waals surface area contributed by atoms with Gasteiger partial charge in [-0.05, 0) is 103 Å². The Bertz CT molecular complexity index is 1680. The molecule has 2 aliphatic rings. The van der Waals surface area contributed by atoms with Gasteiger partial charge in [-0.1, -0.05) is 23.7 Å². The SMILES string of the molecule is CC(C)(C)OC(=O)N1CCN(C2c3ccc(Cl)cc3CCc3cc(Br)cnc32)C[C@@H]1C(=O)N(CCCn1ccnc1)Cc1ccccn1. The van der Waals surface area contributed by atoms with Gasteiger partial charge in [-0.25, -0.2) is 9.78 Å². The fourth-order valence-corrected chi connectivity index (χ4v) is 7.17. The number of rotatable bonds is 8. The van der Waals surface area contributed by atoms with E-state index in [1.165, 1.54) is 0 Å². The lowest BCUT2D eigenvalue weighted by atomic mass is 9.95. The fraction of sp³-hybridized carbons (Fsp3) is 0.417. The quantitative estimate of drug-likeness (QED) is 0.209. The van der Waals surface area contributed by atoms with E-state index < -0.39 is 17.7 Å². The van der Waals surface area contributed by atoms with E-state index in [-0.39, 0.29) is 11.9 Å². The number of ether oxygens (including phenoxy) is 1. The molecule has 6 rings (SSSR count). The van der Waals surface area contributed by atoms with Crippen molar-refractivity contribution in [2.75, 3.05) is 26.2 Å². The minimum absolute atomic E-state index is 0.143. The number of hydrogen-bond acceptors (Lipinski definition) is 7. The Balaban J connectivity index is 1.36. The maximum atomic E-state index is 14.8. The highest BCUT2D eigenvalue weighted by Gasteiger charge is 2.43. The summed E-state index contributed by atoms with van der Waals surface area (Å²) in [5.74, 6) is -0.143. The van der Waals surface area contributed by atoms with E-state index >= 15 is 0 Å². The first-order valence-electron chi connectivity index (χ1n) is 16.4. The second-order valence-corrected chi connectivity index (χ2v) is 14.7. The zero-order chi connectivity index (χ0) is 33.8. The molecule has 10 nitrogen and oxygen atoms in total. The smallest absolute Gasteiger partial charge is 0.411 e. The van der Waals surface area contributed by atoms with Crippen LogP contribution in [0.1, 0.15) is 61.3 Å². The van der Waals surface area contributed by atoms with Crippen molar-refractivity contribution in [1.82, 2.24) is 34.2 Å². The number of nitrogens with zero attached hydrogens (tertiary/aromatic N) is 7. The van der Waals surface area contributed by atoms with Gasteiger partial charge in [0.2, 0.25) is 5.91 Å². The Labute approximate surface area is 295 Å². The van der Waals surface area contributed by atoms with E-state index in [0.717, 1.165) is 45.4 Å². The molecule has 48 heavy (non-hydrogen) atoms. The number of hydrogen-bond donors (Lipinski definition) is 0. The van der Waals surface area contributed by atoms with Gasteiger partial charge in [0.05, 0.1) is 30.3 Å². The zero-order valence-electron chi connectivity index (χ0n) is 27.6.